The molecule has 0 aromatic heterocycles. The molecule has 0 bridgehead atoms. The van der Waals surface area contributed by atoms with Crippen molar-refractivity contribution in [2.45, 2.75) is 38.2 Å². The smallest absolute Gasteiger partial charge is 0.235 e. The summed E-state index contributed by atoms with van der Waals surface area (Å²) in [6.07, 6.45) is 1.27. The second-order valence-electron chi connectivity index (χ2n) is 8.54. The topological polar surface area (TPSA) is 66.0 Å². The molecule has 2 heterocycles. The molecule has 0 saturated carbocycles. The third-order valence-electron chi connectivity index (χ3n) is 6.20. The van der Waals surface area contributed by atoms with Gasteiger partial charge >= 0.3 is 0 Å². The highest BCUT2D eigenvalue weighted by Crippen LogP contribution is 2.42. The third kappa shape index (κ3) is 3.65. The Labute approximate surface area is 187 Å². The van der Waals surface area contributed by atoms with Gasteiger partial charge in [0.1, 0.15) is 5.75 Å². The number of ether oxygens (including phenoxy) is 4. The van der Waals surface area contributed by atoms with Crippen molar-refractivity contribution < 1.29 is 23.7 Å². The Morgan fingerprint density at radius 3 is 2.50 bits per heavy atom. The van der Waals surface area contributed by atoms with Crippen LogP contribution in [0.4, 0.5) is 5.69 Å². The fourth-order valence-corrected chi connectivity index (χ4v) is 4.54. The maximum Gasteiger partial charge on any atom is 0.235 e. The van der Waals surface area contributed by atoms with Gasteiger partial charge in [-0.25, -0.2) is 0 Å². The molecule has 166 valence electrons. The van der Waals surface area contributed by atoms with E-state index >= 15 is 0 Å². The molecule has 1 saturated heterocycles. The van der Waals surface area contributed by atoms with Gasteiger partial charge in [-0.15, -0.1) is 0 Å². The Bertz CT molecular complexity index is 1150. The SMILES string of the molecule is CC(C)Oc1ccc(NC(=O)C2(c3ccc4c(c3)OCO4)CCOCC2)c2ccccc12. The number of rotatable bonds is 5. The van der Waals surface area contributed by atoms with Crippen LogP contribution in [0.1, 0.15) is 32.3 Å². The average molecular weight is 434 g/mol. The number of fused-ring (bicyclic) bond motifs is 2. The number of nitrogens with one attached hydrogen (secondary N) is 1. The van der Waals surface area contributed by atoms with Crippen LogP contribution in [-0.2, 0) is 14.9 Å². The molecule has 6 heteroatoms. The molecule has 1 fully saturated rings. The van der Waals surface area contributed by atoms with Gasteiger partial charge in [-0.3, -0.25) is 4.79 Å². The van der Waals surface area contributed by atoms with Gasteiger partial charge < -0.3 is 24.3 Å². The first-order valence-electron chi connectivity index (χ1n) is 11.0. The summed E-state index contributed by atoms with van der Waals surface area (Å²) in [5, 5.41) is 5.15. The lowest BCUT2D eigenvalue weighted by molar-refractivity contribution is -0.125. The highest BCUT2D eigenvalue weighted by atomic mass is 16.7. The second kappa shape index (κ2) is 8.36. The summed E-state index contributed by atoms with van der Waals surface area (Å²) in [7, 11) is 0. The molecule has 2 aliphatic rings. The van der Waals surface area contributed by atoms with Crippen molar-refractivity contribution in [3.63, 3.8) is 0 Å². The number of benzene rings is 3. The summed E-state index contributed by atoms with van der Waals surface area (Å²) in [6, 6.07) is 17.6. The lowest BCUT2D eigenvalue weighted by Crippen LogP contribution is -2.44. The molecular formula is C26H27NO5. The van der Waals surface area contributed by atoms with Crippen LogP contribution in [0.3, 0.4) is 0 Å². The maximum absolute atomic E-state index is 13.8. The molecule has 3 aromatic carbocycles. The summed E-state index contributed by atoms with van der Waals surface area (Å²) in [6.45, 7) is 5.28. The van der Waals surface area contributed by atoms with E-state index in [1.165, 1.54) is 0 Å². The largest absolute Gasteiger partial charge is 0.490 e. The Balaban J connectivity index is 1.52. The number of carbonyl (C=O) groups excluding carboxylic acids is 1. The van der Waals surface area contributed by atoms with Crippen LogP contribution in [0.5, 0.6) is 17.2 Å². The quantitative estimate of drug-likeness (QED) is 0.610. The number of amides is 1. The monoisotopic (exact) mass is 433 g/mol. The predicted octanol–water partition coefficient (Wildman–Crippen LogP) is 5.04. The Kier molecular flexibility index (Phi) is 5.39. The van der Waals surface area contributed by atoms with Crippen molar-refractivity contribution in [1.82, 2.24) is 0 Å². The molecule has 5 rings (SSSR count). The van der Waals surface area contributed by atoms with E-state index in [9.17, 15) is 4.79 Å². The first kappa shape index (κ1) is 20.6. The van der Waals surface area contributed by atoms with E-state index in [1.807, 2.05) is 68.4 Å². The van der Waals surface area contributed by atoms with Gasteiger partial charge in [-0.05, 0) is 56.5 Å². The molecule has 1 N–H and O–H groups in total. The van der Waals surface area contributed by atoms with Crippen LogP contribution in [0.25, 0.3) is 10.8 Å². The number of carbonyl (C=O) groups is 1. The molecule has 6 nitrogen and oxygen atoms in total. The first-order valence-corrected chi connectivity index (χ1v) is 11.0. The van der Waals surface area contributed by atoms with Crippen molar-refractivity contribution in [3.8, 4) is 17.2 Å². The van der Waals surface area contributed by atoms with Gasteiger partial charge in [0, 0.05) is 29.7 Å². The van der Waals surface area contributed by atoms with E-state index in [0.29, 0.717) is 37.6 Å². The average Bonchev–Trinajstić information content (AvgIpc) is 3.29. The molecular weight excluding hydrogens is 406 g/mol. The third-order valence-corrected chi connectivity index (χ3v) is 6.20. The van der Waals surface area contributed by atoms with Crippen LogP contribution >= 0.6 is 0 Å². The Morgan fingerprint density at radius 2 is 1.72 bits per heavy atom. The van der Waals surface area contributed by atoms with Gasteiger partial charge in [0.15, 0.2) is 11.5 Å². The highest BCUT2D eigenvalue weighted by molar-refractivity contribution is 6.07. The van der Waals surface area contributed by atoms with Crippen molar-refractivity contribution >= 4 is 22.4 Å². The summed E-state index contributed by atoms with van der Waals surface area (Å²) in [4.78, 5) is 13.8. The molecule has 3 aromatic rings. The molecule has 1 amide bonds. The number of anilines is 1. The van der Waals surface area contributed by atoms with Gasteiger partial charge in [-0.2, -0.15) is 0 Å². The number of hydrogen-bond acceptors (Lipinski definition) is 5. The van der Waals surface area contributed by atoms with Gasteiger partial charge in [0.05, 0.1) is 11.5 Å². The summed E-state index contributed by atoms with van der Waals surface area (Å²) in [5.41, 5.74) is 0.993. The van der Waals surface area contributed by atoms with Gasteiger partial charge in [0.2, 0.25) is 12.7 Å². The van der Waals surface area contributed by atoms with Crippen molar-refractivity contribution in [1.29, 1.82) is 0 Å². The standard InChI is InChI=1S/C26H27NO5/c1-17(2)32-22-10-8-21(19-5-3-4-6-20(19)22)27-25(28)26(11-13-29-14-12-26)18-7-9-23-24(15-18)31-16-30-23/h3-10,15,17H,11-14,16H2,1-2H3,(H,27,28). The summed E-state index contributed by atoms with van der Waals surface area (Å²) < 4.78 is 22.6. The van der Waals surface area contributed by atoms with Crippen molar-refractivity contribution in [3.05, 3.63) is 60.2 Å². The van der Waals surface area contributed by atoms with Crippen LogP contribution in [0, 0.1) is 0 Å². The normalized spacial score (nSPS) is 16.8. The van der Waals surface area contributed by atoms with Crippen molar-refractivity contribution in [2.24, 2.45) is 0 Å². The van der Waals surface area contributed by atoms with E-state index in [4.69, 9.17) is 18.9 Å². The maximum atomic E-state index is 13.8. The predicted molar refractivity (Wildman–Crippen MR) is 123 cm³/mol. The summed E-state index contributed by atoms with van der Waals surface area (Å²) in [5.74, 6) is 2.16. The lowest BCUT2D eigenvalue weighted by Gasteiger charge is -2.36. The number of hydrogen-bond donors (Lipinski definition) is 1. The van der Waals surface area contributed by atoms with E-state index < -0.39 is 5.41 Å². The van der Waals surface area contributed by atoms with E-state index in [0.717, 1.165) is 27.8 Å². The lowest BCUT2D eigenvalue weighted by atomic mass is 9.73. The minimum absolute atomic E-state index is 0.0395. The zero-order chi connectivity index (χ0) is 22.1. The zero-order valence-electron chi connectivity index (χ0n) is 18.4. The molecule has 2 aliphatic heterocycles. The van der Waals surface area contributed by atoms with Crippen LogP contribution < -0.4 is 19.5 Å². The highest BCUT2D eigenvalue weighted by Gasteiger charge is 2.42. The molecule has 32 heavy (non-hydrogen) atoms. The minimum Gasteiger partial charge on any atom is -0.490 e. The van der Waals surface area contributed by atoms with Gasteiger partial charge in [-0.1, -0.05) is 30.3 Å². The molecule has 0 aliphatic carbocycles. The molecule has 0 spiro atoms. The van der Waals surface area contributed by atoms with E-state index in [2.05, 4.69) is 5.32 Å². The minimum atomic E-state index is -0.701. The van der Waals surface area contributed by atoms with E-state index in [1.54, 1.807) is 0 Å². The van der Waals surface area contributed by atoms with E-state index in [-0.39, 0.29) is 18.8 Å². The van der Waals surface area contributed by atoms with Gasteiger partial charge in [0.25, 0.3) is 0 Å². The second-order valence-corrected chi connectivity index (χ2v) is 8.54. The molecule has 0 unspecified atom stereocenters. The fourth-order valence-electron chi connectivity index (χ4n) is 4.54. The Hall–Kier alpha value is -3.25. The van der Waals surface area contributed by atoms with Crippen LogP contribution in [0.2, 0.25) is 0 Å². The van der Waals surface area contributed by atoms with Crippen molar-refractivity contribution in [2.75, 3.05) is 25.3 Å². The first-order chi connectivity index (χ1) is 15.6. The van der Waals surface area contributed by atoms with Crippen LogP contribution in [-0.4, -0.2) is 32.0 Å². The fraction of sp³-hybridized carbons (Fsp3) is 0.346. The zero-order valence-corrected chi connectivity index (χ0v) is 18.4. The molecule has 0 atom stereocenters. The Morgan fingerprint density at radius 1 is 0.969 bits per heavy atom. The van der Waals surface area contributed by atoms with Crippen LogP contribution in [0.15, 0.2) is 54.6 Å². The molecule has 0 radical (unpaired) electrons. The summed E-state index contributed by atoms with van der Waals surface area (Å²) >= 11 is 0.